The van der Waals surface area contributed by atoms with Crippen molar-refractivity contribution in [3.63, 3.8) is 0 Å². The molecule has 0 rings (SSSR count). The first kappa shape index (κ1) is 619. The van der Waals surface area contributed by atoms with E-state index in [1.165, 1.54) is 0 Å². The zero-order valence-corrected chi connectivity index (χ0v) is 9.32. The SMILES string of the molecule is O.O.O.O.O.O.[Cl-].[Cl-].[Cl-].[Fe+3].[Fe]. The van der Waals surface area contributed by atoms with Crippen LogP contribution in [0.15, 0.2) is 0 Å². The molecule has 1 radical (unpaired) electrons. The van der Waals surface area contributed by atoms with E-state index in [1.807, 2.05) is 0 Å². The van der Waals surface area contributed by atoms with Crippen molar-refractivity contribution in [2.45, 2.75) is 0 Å². The Hall–Kier alpha value is 1.67. The molecule has 0 saturated carbocycles. The van der Waals surface area contributed by atoms with Gasteiger partial charge < -0.3 is 70.1 Å². The van der Waals surface area contributed by atoms with Crippen LogP contribution >= 0.6 is 0 Å². The quantitative estimate of drug-likeness (QED) is 0.382. The van der Waals surface area contributed by atoms with E-state index in [0.29, 0.717) is 0 Å². The van der Waals surface area contributed by atoms with Gasteiger partial charge in [0.15, 0.2) is 0 Å². The van der Waals surface area contributed by atoms with Crippen LogP contribution in [0.25, 0.3) is 0 Å². The van der Waals surface area contributed by atoms with Gasteiger partial charge >= 0.3 is 17.1 Å². The Balaban J connectivity index is 0. The monoisotopic (exact) mass is 325 g/mol. The fraction of sp³-hybridized carbons (Fsp3) is 0. The molecular formula is H12Cl3Fe2O6. The molecule has 11 heavy (non-hydrogen) atoms. The first-order valence-corrected chi connectivity index (χ1v) is 0. The maximum Gasteiger partial charge on any atom is 3.00 e. The van der Waals surface area contributed by atoms with Crippen LogP contribution < -0.4 is 37.2 Å². The van der Waals surface area contributed by atoms with Gasteiger partial charge in [-0.05, 0) is 0 Å². The standard InChI is InChI=1S/3ClH.2Fe.6H2O/h3*1H;;;6*1H2/q;;;;+3;;;;;;/p-3. The molecule has 85 valence electrons. The van der Waals surface area contributed by atoms with Crippen molar-refractivity contribution in [2.75, 3.05) is 0 Å². The fourth-order valence-corrected chi connectivity index (χ4v) is 0. The summed E-state index contributed by atoms with van der Waals surface area (Å²) in [5, 5.41) is 0. The Morgan fingerprint density at radius 2 is 0.364 bits per heavy atom. The van der Waals surface area contributed by atoms with Crippen LogP contribution in [0.5, 0.6) is 0 Å². The predicted octanol–water partition coefficient (Wildman–Crippen LogP) is -13.9. The van der Waals surface area contributed by atoms with Crippen LogP contribution in [0, 0.1) is 0 Å². The summed E-state index contributed by atoms with van der Waals surface area (Å²) >= 11 is 0. The summed E-state index contributed by atoms with van der Waals surface area (Å²) in [5.41, 5.74) is 0. The van der Waals surface area contributed by atoms with Crippen molar-refractivity contribution in [2.24, 2.45) is 0 Å². The second kappa shape index (κ2) is 477. The van der Waals surface area contributed by atoms with Crippen LogP contribution in [0.3, 0.4) is 0 Å². The molecule has 0 aliphatic carbocycles. The maximum absolute atomic E-state index is 0. The molecule has 0 aliphatic heterocycles. The van der Waals surface area contributed by atoms with Gasteiger partial charge in [-0.15, -0.1) is 0 Å². The molecule has 0 spiro atoms. The minimum Gasteiger partial charge on any atom is -1.00 e. The minimum atomic E-state index is 0. The molecular weight excluding hydrogens is 314 g/mol. The van der Waals surface area contributed by atoms with E-state index < -0.39 is 0 Å². The predicted molar refractivity (Wildman–Crippen MR) is 21.7 cm³/mol. The molecule has 0 fully saturated rings. The first-order valence-electron chi connectivity index (χ1n) is 0. The topological polar surface area (TPSA) is 189 Å². The summed E-state index contributed by atoms with van der Waals surface area (Å²) in [6.07, 6.45) is 0. The van der Waals surface area contributed by atoms with Crippen LogP contribution in [-0.2, 0) is 34.1 Å². The van der Waals surface area contributed by atoms with Crippen molar-refractivity contribution in [1.82, 2.24) is 0 Å². The Morgan fingerprint density at radius 3 is 0.364 bits per heavy atom. The Bertz CT molecular complexity index is 15.8. The normalized spacial score (nSPS) is 0. The maximum atomic E-state index is 0. The van der Waals surface area contributed by atoms with Gasteiger partial charge in [0, 0.05) is 17.1 Å². The van der Waals surface area contributed by atoms with Crippen molar-refractivity contribution in [1.29, 1.82) is 0 Å². The number of rotatable bonds is 0. The fourth-order valence-electron chi connectivity index (χ4n) is 0. The number of halogens is 3. The average Bonchev–Trinajstić information content (AvgIpc) is 0. The van der Waals surface area contributed by atoms with Gasteiger partial charge in [-0.2, -0.15) is 0 Å². The second-order valence-electron chi connectivity index (χ2n) is 0. The van der Waals surface area contributed by atoms with Gasteiger partial charge in [-0.1, -0.05) is 0 Å². The van der Waals surface area contributed by atoms with Crippen molar-refractivity contribution < 1.29 is 104 Å². The minimum absolute atomic E-state index is 0. The Kier molecular flexibility index (Phi) is 26800. The molecule has 0 unspecified atom stereocenters. The van der Waals surface area contributed by atoms with Gasteiger partial charge in [0.1, 0.15) is 0 Å². The molecule has 0 aromatic heterocycles. The molecule has 12 N–H and O–H groups in total. The van der Waals surface area contributed by atoms with Crippen LogP contribution in [0.2, 0.25) is 0 Å². The van der Waals surface area contributed by atoms with Crippen LogP contribution in [-0.4, -0.2) is 32.9 Å². The Labute approximate surface area is 104 Å². The van der Waals surface area contributed by atoms with Gasteiger partial charge in [-0.3, -0.25) is 0 Å². The Morgan fingerprint density at radius 1 is 0.364 bits per heavy atom. The average molecular weight is 326 g/mol. The number of hydrogen-bond acceptors (Lipinski definition) is 0. The molecule has 0 saturated heterocycles. The van der Waals surface area contributed by atoms with Crippen molar-refractivity contribution >= 4 is 0 Å². The summed E-state index contributed by atoms with van der Waals surface area (Å²) in [7, 11) is 0. The molecule has 6 nitrogen and oxygen atoms in total. The van der Waals surface area contributed by atoms with Gasteiger partial charge in [0.2, 0.25) is 0 Å². The molecule has 0 heterocycles. The molecule has 0 aliphatic rings. The molecule has 0 aromatic rings. The third-order valence-electron chi connectivity index (χ3n) is 0. The van der Waals surface area contributed by atoms with E-state index in [1.54, 1.807) is 0 Å². The van der Waals surface area contributed by atoms with E-state index in [2.05, 4.69) is 0 Å². The first-order chi connectivity index (χ1) is 0. The third-order valence-corrected chi connectivity index (χ3v) is 0. The van der Waals surface area contributed by atoms with Gasteiger partial charge in [0.25, 0.3) is 0 Å². The molecule has 11 heteroatoms. The zero-order chi connectivity index (χ0) is 0. The van der Waals surface area contributed by atoms with Crippen molar-refractivity contribution in [3.8, 4) is 0 Å². The molecule has 0 atom stereocenters. The summed E-state index contributed by atoms with van der Waals surface area (Å²) < 4.78 is 0. The second-order valence-corrected chi connectivity index (χ2v) is 0. The van der Waals surface area contributed by atoms with Crippen molar-refractivity contribution in [3.05, 3.63) is 0 Å². The van der Waals surface area contributed by atoms with Crippen LogP contribution in [0.4, 0.5) is 0 Å². The molecule has 0 aromatic carbocycles. The summed E-state index contributed by atoms with van der Waals surface area (Å²) in [6, 6.07) is 0. The molecule has 0 bridgehead atoms. The van der Waals surface area contributed by atoms with Gasteiger partial charge in [-0.25, -0.2) is 0 Å². The summed E-state index contributed by atoms with van der Waals surface area (Å²) in [5.74, 6) is 0. The number of hydrogen-bond donors (Lipinski definition) is 0. The van der Waals surface area contributed by atoms with Gasteiger partial charge in [0.05, 0.1) is 0 Å². The van der Waals surface area contributed by atoms with E-state index in [-0.39, 0.29) is 104 Å². The largest absolute Gasteiger partial charge is 3.00 e. The van der Waals surface area contributed by atoms with Crippen LogP contribution in [0.1, 0.15) is 0 Å². The smallest absolute Gasteiger partial charge is 1.00 e. The zero-order valence-electron chi connectivity index (χ0n) is 4.84. The van der Waals surface area contributed by atoms with E-state index in [9.17, 15) is 0 Å². The van der Waals surface area contributed by atoms with E-state index in [4.69, 9.17) is 0 Å². The molecule has 0 amide bonds. The third kappa shape index (κ3) is 392. The summed E-state index contributed by atoms with van der Waals surface area (Å²) in [4.78, 5) is 0. The van der Waals surface area contributed by atoms with E-state index in [0.717, 1.165) is 0 Å². The summed E-state index contributed by atoms with van der Waals surface area (Å²) in [6.45, 7) is 0. The van der Waals surface area contributed by atoms with E-state index >= 15 is 0 Å².